The number of rotatable bonds is 0. The van der Waals surface area contributed by atoms with Crippen molar-refractivity contribution < 1.29 is 0 Å². The zero-order valence-electron chi connectivity index (χ0n) is 8.95. The van der Waals surface area contributed by atoms with Crippen molar-refractivity contribution in [2.45, 2.75) is 25.7 Å². The first kappa shape index (κ1) is 9.20. The van der Waals surface area contributed by atoms with Gasteiger partial charge in [0.25, 0.3) is 0 Å². The molecule has 0 saturated carbocycles. The molecule has 2 aromatic rings. The van der Waals surface area contributed by atoms with Crippen LogP contribution in [-0.4, -0.2) is 0 Å². The van der Waals surface area contributed by atoms with E-state index in [9.17, 15) is 0 Å². The molecular weight excluding hydrogens is 232 g/mol. The predicted molar refractivity (Wildman–Crippen MR) is 72.8 cm³/mol. The molecule has 80 valence electrons. The molecule has 2 heterocycles. The molecule has 0 aliphatic heterocycles. The Balaban J connectivity index is 2.02. The third-order valence-electron chi connectivity index (χ3n) is 3.46. The standard InChI is InChI=1S/C14H12S2/c1-3-7-11-9(5-1)13-14(15-11)10-6-2-4-8-12(10)16-13/h1-4H,5-8H2. The SMILES string of the molecule is C1=CCc2c(sc3c4c(sc23)CC=CC4)C1. The Morgan fingerprint density at radius 3 is 1.56 bits per heavy atom. The molecule has 0 nitrogen and oxygen atoms in total. The Bertz CT molecular complexity index is 567. The molecule has 2 aromatic heterocycles. The van der Waals surface area contributed by atoms with E-state index in [4.69, 9.17) is 0 Å². The summed E-state index contributed by atoms with van der Waals surface area (Å²) in [4.78, 5) is 3.22. The molecular formula is C14H12S2. The zero-order chi connectivity index (χ0) is 10.5. The van der Waals surface area contributed by atoms with Gasteiger partial charge in [-0.3, -0.25) is 0 Å². The van der Waals surface area contributed by atoms with Crippen LogP contribution in [0.5, 0.6) is 0 Å². The van der Waals surface area contributed by atoms with Crippen LogP contribution in [0.3, 0.4) is 0 Å². The van der Waals surface area contributed by atoms with E-state index in [0.29, 0.717) is 0 Å². The first-order valence-electron chi connectivity index (χ1n) is 5.78. The Kier molecular flexibility index (Phi) is 1.91. The van der Waals surface area contributed by atoms with Crippen LogP contribution < -0.4 is 0 Å². The van der Waals surface area contributed by atoms with Crippen molar-refractivity contribution in [1.29, 1.82) is 0 Å². The maximum atomic E-state index is 2.32. The summed E-state index contributed by atoms with van der Waals surface area (Å²) in [5.41, 5.74) is 3.25. The van der Waals surface area contributed by atoms with Crippen molar-refractivity contribution in [2.75, 3.05) is 0 Å². The maximum absolute atomic E-state index is 2.32. The molecule has 0 spiro atoms. The lowest BCUT2D eigenvalue weighted by molar-refractivity contribution is 1.15. The topological polar surface area (TPSA) is 0 Å². The summed E-state index contributed by atoms with van der Waals surface area (Å²) in [6.45, 7) is 0. The molecule has 0 N–H and O–H groups in total. The second-order valence-corrected chi connectivity index (χ2v) is 6.64. The molecule has 4 rings (SSSR count). The summed E-state index contributed by atoms with van der Waals surface area (Å²) in [7, 11) is 0. The average molecular weight is 244 g/mol. The number of allylic oxidation sites excluding steroid dienone is 4. The van der Waals surface area contributed by atoms with Crippen molar-refractivity contribution in [1.82, 2.24) is 0 Å². The minimum Gasteiger partial charge on any atom is -0.138 e. The van der Waals surface area contributed by atoms with Crippen LogP contribution in [0, 0.1) is 0 Å². The highest BCUT2D eigenvalue weighted by Gasteiger charge is 2.20. The summed E-state index contributed by atoms with van der Waals surface area (Å²) >= 11 is 4.09. The highest BCUT2D eigenvalue weighted by Crippen LogP contribution is 2.44. The fourth-order valence-corrected chi connectivity index (χ4v) is 5.58. The lowest BCUT2D eigenvalue weighted by atomic mass is 10.0. The molecule has 0 aromatic carbocycles. The van der Waals surface area contributed by atoms with Gasteiger partial charge in [0.15, 0.2) is 0 Å². The van der Waals surface area contributed by atoms with E-state index in [1.807, 2.05) is 22.7 Å². The van der Waals surface area contributed by atoms with Crippen molar-refractivity contribution in [3.05, 3.63) is 45.2 Å². The van der Waals surface area contributed by atoms with Crippen molar-refractivity contribution in [3.8, 4) is 0 Å². The van der Waals surface area contributed by atoms with Crippen molar-refractivity contribution in [3.63, 3.8) is 0 Å². The van der Waals surface area contributed by atoms with E-state index < -0.39 is 0 Å². The Hall–Kier alpha value is -0.860. The smallest absolute Gasteiger partial charge is 0.0494 e. The van der Waals surface area contributed by atoms with Gasteiger partial charge in [0, 0.05) is 32.0 Å². The normalized spacial score (nSPS) is 17.8. The Morgan fingerprint density at radius 1 is 0.625 bits per heavy atom. The number of fused-ring (bicyclic) bond motifs is 5. The molecule has 2 aliphatic carbocycles. The summed E-state index contributed by atoms with van der Waals surface area (Å²) < 4.78 is 3.19. The van der Waals surface area contributed by atoms with Gasteiger partial charge in [0.1, 0.15) is 0 Å². The molecule has 0 amide bonds. The Morgan fingerprint density at radius 2 is 1.06 bits per heavy atom. The third kappa shape index (κ3) is 1.14. The molecule has 0 unspecified atom stereocenters. The molecule has 16 heavy (non-hydrogen) atoms. The summed E-state index contributed by atoms with van der Waals surface area (Å²) in [6, 6.07) is 0. The first-order chi connectivity index (χ1) is 7.93. The van der Waals surface area contributed by atoms with E-state index in [1.165, 1.54) is 0 Å². The van der Waals surface area contributed by atoms with Crippen molar-refractivity contribution >= 4 is 32.1 Å². The van der Waals surface area contributed by atoms with Crippen LogP contribution in [0.15, 0.2) is 24.3 Å². The largest absolute Gasteiger partial charge is 0.138 e. The van der Waals surface area contributed by atoms with Gasteiger partial charge in [-0.2, -0.15) is 0 Å². The highest BCUT2D eigenvalue weighted by atomic mass is 32.1. The average Bonchev–Trinajstić information content (AvgIpc) is 2.85. The second kappa shape index (κ2) is 3.31. The summed E-state index contributed by atoms with van der Waals surface area (Å²) in [5.74, 6) is 0. The molecule has 0 bridgehead atoms. The van der Waals surface area contributed by atoms with Crippen LogP contribution >= 0.6 is 22.7 Å². The fourth-order valence-electron chi connectivity index (χ4n) is 2.64. The lowest BCUT2D eigenvalue weighted by Crippen LogP contribution is -1.91. The third-order valence-corrected chi connectivity index (χ3v) is 6.22. The molecule has 0 atom stereocenters. The highest BCUT2D eigenvalue weighted by molar-refractivity contribution is 7.28. The van der Waals surface area contributed by atoms with Crippen LogP contribution in [0.2, 0.25) is 0 Å². The number of hydrogen-bond acceptors (Lipinski definition) is 2. The quantitative estimate of drug-likeness (QED) is 0.607. The lowest BCUT2D eigenvalue weighted by Gasteiger charge is -2.05. The van der Waals surface area contributed by atoms with Crippen LogP contribution in [-0.2, 0) is 25.7 Å². The van der Waals surface area contributed by atoms with E-state index in [-0.39, 0.29) is 0 Å². The van der Waals surface area contributed by atoms with Gasteiger partial charge in [-0.15, -0.1) is 22.7 Å². The van der Waals surface area contributed by atoms with E-state index in [1.54, 1.807) is 30.3 Å². The predicted octanol–water partition coefficient (Wildman–Crippen LogP) is 4.27. The minimum atomic E-state index is 1.15. The van der Waals surface area contributed by atoms with Gasteiger partial charge in [-0.1, -0.05) is 24.3 Å². The van der Waals surface area contributed by atoms with Crippen LogP contribution in [0.1, 0.15) is 20.9 Å². The van der Waals surface area contributed by atoms with Gasteiger partial charge in [0.2, 0.25) is 0 Å². The van der Waals surface area contributed by atoms with Crippen molar-refractivity contribution in [2.24, 2.45) is 0 Å². The monoisotopic (exact) mass is 244 g/mol. The van der Waals surface area contributed by atoms with Gasteiger partial charge in [0.05, 0.1) is 0 Å². The first-order valence-corrected chi connectivity index (χ1v) is 7.41. The van der Waals surface area contributed by atoms with E-state index >= 15 is 0 Å². The van der Waals surface area contributed by atoms with Gasteiger partial charge in [-0.05, 0) is 24.0 Å². The van der Waals surface area contributed by atoms with Crippen LogP contribution in [0.25, 0.3) is 9.40 Å². The van der Waals surface area contributed by atoms with E-state index in [2.05, 4.69) is 24.3 Å². The molecule has 2 aliphatic rings. The van der Waals surface area contributed by atoms with Gasteiger partial charge in [-0.25, -0.2) is 0 Å². The maximum Gasteiger partial charge on any atom is 0.0494 e. The zero-order valence-corrected chi connectivity index (χ0v) is 10.6. The van der Waals surface area contributed by atoms with E-state index in [0.717, 1.165) is 25.7 Å². The molecule has 0 radical (unpaired) electrons. The number of thiophene rings is 2. The summed E-state index contributed by atoms with van der Waals surface area (Å²) in [6.07, 6.45) is 13.9. The second-order valence-electron chi connectivity index (χ2n) is 4.43. The molecule has 0 saturated heterocycles. The summed E-state index contributed by atoms with van der Waals surface area (Å²) in [5, 5.41) is 0. The van der Waals surface area contributed by atoms with Crippen LogP contribution in [0.4, 0.5) is 0 Å². The Labute approximate surface area is 103 Å². The minimum absolute atomic E-state index is 1.15. The molecule has 2 heteroatoms. The number of hydrogen-bond donors (Lipinski definition) is 0. The fraction of sp³-hybridized carbons (Fsp3) is 0.286. The van der Waals surface area contributed by atoms with Gasteiger partial charge >= 0.3 is 0 Å². The van der Waals surface area contributed by atoms with Gasteiger partial charge < -0.3 is 0 Å². The molecule has 0 fully saturated rings.